The maximum Gasteiger partial charge on any atom is 0.163 e. The molecular formula is C21H28Cl2N2O3. The van der Waals surface area contributed by atoms with Gasteiger partial charge >= 0.3 is 0 Å². The highest BCUT2D eigenvalue weighted by atomic mass is 35.5. The summed E-state index contributed by atoms with van der Waals surface area (Å²) in [5, 5.41) is 16.6. The lowest BCUT2D eigenvalue weighted by Gasteiger charge is -2.15. The van der Waals surface area contributed by atoms with Gasteiger partial charge in [-0.05, 0) is 55.8 Å². The lowest BCUT2D eigenvalue weighted by atomic mass is 10.2. The Morgan fingerprint density at radius 2 is 1.64 bits per heavy atom. The Labute approximate surface area is 177 Å². The average Bonchev–Trinajstić information content (AvgIpc) is 2.69. The second-order valence-electron chi connectivity index (χ2n) is 6.24. The van der Waals surface area contributed by atoms with Crippen molar-refractivity contribution in [2.24, 2.45) is 0 Å². The summed E-state index contributed by atoms with van der Waals surface area (Å²) in [6, 6.07) is 11.3. The van der Waals surface area contributed by atoms with Gasteiger partial charge in [-0.25, -0.2) is 0 Å². The minimum atomic E-state index is 0.162. The molecule has 0 saturated heterocycles. The van der Waals surface area contributed by atoms with Crippen LogP contribution in [0.4, 0.5) is 0 Å². The normalized spacial score (nSPS) is 10.9. The number of halogens is 2. The number of aliphatic hydroxyl groups is 1. The molecule has 0 unspecified atom stereocenters. The van der Waals surface area contributed by atoms with Crippen molar-refractivity contribution in [3.63, 3.8) is 0 Å². The Hall–Kier alpha value is -1.50. The number of hydrogen-bond donors (Lipinski definition) is 3. The molecule has 0 aliphatic rings. The molecule has 0 spiro atoms. The van der Waals surface area contributed by atoms with Crippen molar-refractivity contribution in [3.8, 4) is 11.5 Å². The SMILES string of the molecule is CCOc1cc(CNCCCNCCO)c(Cl)cc1OCc1ccc(Cl)cc1. The van der Waals surface area contributed by atoms with Gasteiger partial charge in [0.15, 0.2) is 11.5 Å². The van der Waals surface area contributed by atoms with E-state index in [0.29, 0.717) is 47.8 Å². The Kier molecular flexibility index (Phi) is 10.5. The highest BCUT2D eigenvalue weighted by molar-refractivity contribution is 6.31. The highest BCUT2D eigenvalue weighted by Crippen LogP contribution is 2.34. The number of nitrogens with one attached hydrogen (secondary N) is 2. The van der Waals surface area contributed by atoms with Gasteiger partial charge in [0.1, 0.15) is 6.61 Å². The maximum absolute atomic E-state index is 8.73. The lowest BCUT2D eigenvalue weighted by molar-refractivity contribution is 0.269. The smallest absolute Gasteiger partial charge is 0.163 e. The molecule has 7 heteroatoms. The summed E-state index contributed by atoms with van der Waals surface area (Å²) >= 11 is 12.4. The third kappa shape index (κ3) is 7.86. The van der Waals surface area contributed by atoms with E-state index in [-0.39, 0.29) is 6.61 Å². The van der Waals surface area contributed by atoms with Crippen LogP contribution >= 0.6 is 23.2 Å². The Morgan fingerprint density at radius 1 is 0.929 bits per heavy atom. The van der Waals surface area contributed by atoms with E-state index in [1.165, 1.54) is 0 Å². The molecule has 0 aliphatic carbocycles. The van der Waals surface area contributed by atoms with Crippen LogP contribution in [0.2, 0.25) is 10.0 Å². The number of aliphatic hydroxyl groups excluding tert-OH is 1. The second kappa shape index (κ2) is 12.9. The summed E-state index contributed by atoms with van der Waals surface area (Å²) in [6.07, 6.45) is 0.970. The summed E-state index contributed by atoms with van der Waals surface area (Å²) in [5.74, 6) is 1.31. The largest absolute Gasteiger partial charge is 0.490 e. The first-order chi connectivity index (χ1) is 13.6. The van der Waals surface area contributed by atoms with Crippen molar-refractivity contribution in [1.82, 2.24) is 10.6 Å². The van der Waals surface area contributed by atoms with Crippen LogP contribution in [0, 0.1) is 0 Å². The van der Waals surface area contributed by atoms with Gasteiger partial charge in [0.2, 0.25) is 0 Å². The topological polar surface area (TPSA) is 62.8 Å². The van der Waals surface area contributed by atoms with Crippen LogP contribution in [0.25, 0.3) is 0 Å². The van der Waals surface area contributed by atoms with Gasteiger partial charge in [-0.15, -0.1) is 0 Å². The molecule has 3 N–H and O–H groups in total. The van der Waals surface area contributed by atoms with Crippen molar-refractivity contribution in [2.45, 2.75) is 26.5 Å². The van der Waals surface area contributed by atoms with Crippen LogP contribution in [0.5, 0.6) is 11.5 Å². The standard InChI is InChI=1S/C21H28Cl2N2O3/c1-2-27-20-12-17(14-25-9-3-8-24-10-11-26)19(23)13-21(20)28-15-16-4-6-18(22)7-5-16/h4-7,12-13,24-26H,2-3,8-11,14-15H2,1H3. The van der Waals surface area contributed by atoms with Crippen LogP contribution < -0.4 is 20.1 Å². The second-order valence-corrected chi connectivity index (χ2v) is 7.09. The molecule has 0 aromatic heterocycles. The molecule has 0 amide bonds. The highest BCUT2D eigenvalue weighted by Gasteiger charge is 2.11. The first-order valence-corrected chi connectivity index (χ1v) is 10.2. The minimum Gasteiger partial charge on any atom is -0.490 e. The van der Waals surface area contributed by atoms with Crippen LogP contribution in [-0.2, 0) is 13.2 Å². The predicted molar refractivity (Wildman–Crippen MR) is 115 cm³/mol. The van der Waals surface area contributed by atoms with E-state index in [1.807, 2.05) is 43.3 Å². The number of rotatable bonds is 13. The van der Waals surface area contributed by atoms with Crippen LogP contribution in [0.15, 0.2) is 36.4 Å². The molecule has 2 rings (SSSR count). The Morgan fingerprint density at radius 3 is 2.36 bits per heavy atom. The molecule has 0 aliphatic heterocycles. The maximum atomic E-state index is 8.73. The molecule has 2 aromatic carbocycles. The van der Waals surface area contributed by atoms with E-state index in [1.54, 1.807) is 0 Å². The summed E-state index contributed by atoms with van der Waals surface area (Å²) in [4.78, 5) is 0. The number of ether oxygens (including phenoxy) is 2. The fourth-order valence-electron chi connectivity index (χ4n) is 2.60. The van der Waals surface area contributed by atoms with Gasteiger partial charge in [0, 0.05) is 29.2 Å². The average molecular weight is 427 g/mol. The summed E-state index contributed by atoms with van der Waals surface area (Å²) in [5.41, 5.74) is 1.98. The van der Waals surface area contributed by atoms with Crippen LogP contribution in [-0.4, -0.2) is 38.0 Å². The van der Waals surface area contributed by atoms with Gasteiger partial charge in [-0.1, -0.05) is 35.3 Å². The zero-order chi connectivity index (χ0) is 20.2. The molecule has 0 heterocycles. The first kappa shape index (κ1) is 22.8. The zero-order valence-corrected chi connectivity index (χ0v) is 17.7. The third-order valence-corrected chi connectivity index (χ3v) is 4.64. The van der Waals surface area contributed by atoms with Crippen molar-refractivity contribution < 1.29 is 14.6 Å². The van der Waals surface area contributed by atoms with Crippen molar-refractivity contribution in [3.05, 3.63) is 57.6 Å². The molecule has 0 saturated carbocycles. The summed E-state index contributed by atoms with van der Waals surface area (Å²) < 4.78 is 11.7. The van der Waals surface area contributed by atoms with E-state index in [0.717, 1.165) is 30.6 Å². The van der Waals surface area contributed by atoms with Crippen LogP contribution in [0.1, 0.15) is 24.5 Å². The van der Waals surface area contributed by atoms with E-state index in [9.17, 15) is 0 Å². The van der Waals surface area contributed by atoms with Crippen molar-refractivity contribution in [2.75, 3.05) is 32.8 Å². The molecule has 0 fully saturated rings. The van der Waals surface area contributed by atoms with Gasteiger partial charge in [-0.2, -0.15) is 0 Å². The molecule has 154 valence electrons. The molecule has 28 heavy (non-hydrogen) atoms. The Balaban J connectivity index is 1.93. The van der Waals surface area contributed by atoms with E-state index < -0.39 is 0 Å². The van der Waals surface area contributed by atoms with E-state index >= 15 is 0 Å². The zero-order valence-electron chi connectivity index (χ0n) is 16.1. The number of benzene rings is 2. The van der Waals surface area contributed by atoms with Crippen LogP contribution in [0.3, 0.4) is 0 Å². The molecule has 0 radical (unpaired) electrons. The summed E-state index contributed by atoms with van der Waals surface area (Å²) in [6.45, 7) is 6.05. The monoisotopic (exact) mass is 426 g/mol. The van der Waals surface area contributed by atoms with Gasteiger partial charge < -0.3 is 25.2 Å². The molecule has 5 nitrogen and oxygen atoms in total. The summed E-state index contributed by atoms with van der Waals surface area (Å²) in [7, 11) is 0. The van der Waals surface area contributed by atoms with Gasteiger partial charge in [0.05, 0.1) is 13.2 Å². The quantitative estimate of drug-likeness (QED) is 0.422. The number of hydrogen-bond acceptors (Lipinski definition) is 5. The fraction of sp³-hybridized carbons (Fsp3) is 0.429. The molecule has 2 aromatic rings. The van der Waals surface area contributed by atoms with Gasteiger partial charge in [-0.3, -0.25) is 0 Å². The molecule has 0 atom stereocenters. The Bertz CT molecular complexity index is 712. The van der Waals surface area contributed by atoms with E-state index in [4.69, 9.17) is 37.8 Å². The van der Waals surface area contributed by atoms with Crippen molar-refractivity contribution >= 4 is 23.2 Å². The molecular weight excluding hydrogens is 399 g/mol. The predicted octanol–water partition coefficient (Wildman–Crippen LogP) is 4.03. The fourth-order valence-corrected chi connectivity index (χ4v) is 2.95. The third-order valence-electron chi connectivity index (χ3n) is 4.03. The van der Waals surface area contributed by atoms with E-state index in [2.05, 4.69) is 10.6 Å². The first-order valence-electron chi connectivity index (χ1n) is 9.48. The minimum absolute atomic E-state index is 0.162. The lowest BCUT2D eigenvalue weighted by Crippen LogP contribution is -2.24. The van der Waals surface area contributed by atoms with Crippen molar-refractivity contribution in [1.29, 1.82) is 0 Å². The molecule has 0 bridgehead atoms. The van der Waals surface area contributed by atoms with Gasteiger partial charge in [0.25, 0.3) is 0 Å².